The maximum Gasteiger partial charge on any atom is 0.314 e. The molecule has 1 fully saturated rings. The summed E-state index contributed by atoms with van der Waals surface area (Å²) in [7, 11) is 1.56. The van der Waals surface area contributed by atoms with Gasteiger partial charge in [-0.05, 0) is 30.5 Å². The summed E-state index contributed by atoms with van der Waals surface area (Å²) in [4.78, 5) is 22.8. The van der Waals surface area contributed by atoms with Crippen LogP contribution in [0, 0.1) is 0 Å². The monoisotopic (exact) mass is 293 g/mol. The first-order chi connectivity index (χ1) is 10.1. The fourth-order valence-corrected chi connectivity index (χ4v) is 2.13. The van der Waals surface area contributed by atoms with Crippen molar-refractivity contribution in [2.45, 2.75) is 18.3 Å². The van der Waals surface area contributed by atoms with Crippen LogP contribution in [-0.2, 0) is 24.5 Å². The Morgan fingerprint density at radius 3 is 2.43 bits per heavy atom. The normalized spacial score (nSPS) is 15.5. The minimum absolute atomic E-state index is 0.0375. The van der Waals surface area contributed by atoms with Crippen LogP contribution in [0.25, 0.3) is 0 Å². The predicted octanol–water partition coefficient (Wildman–Crippen LogP) is 1.40. The molecule has 0 bridgehead atoms. The molecule has 114 valence electrons. The number of methoxy groups -OCH3 is 1. The molecular formula is C15H19NO5. The van der Waals surface area contributed by atoms with Crippen molar-refractivity contribution in [3.63, 3.8) is 0 Å². The first-order valence-corrected chi connectivity index (χ1v) is 6.79. The Morgan fingerprint density at radius 1 is 1.24 bits per heavy atom. The van der Waals surface area contributed by atoms with Crippen LogP contribution in [-0.4, -0.2) is 43.9 Å². The van der Waals surface area contributed by atoms with Gasteiger partial charge in [-0.2, -0.15) is 0 Å². The van der Waals surface area contributed by atoms with Crippen LogP contribution in [0.4, 0.5) is 5.69 Å². The lowest BCUT2D eigenvalue weighted by Crippen LogP contribution is -2.21. The van der Waals surface area contributed by atoms with Gasteiger partial charge in [0, 0.05) is 12.8 Å². The second-order valence-electron chi connectivity index (χ2n) is 5.06. The maximum absolute atomic E-state index is 11.6. The quantitative estimate of drug-likeness (QED) is 0.708. The van der Waals surface area contributed by atoms with Crippen molar-refractivity contribution in [3.8, 4) is 0 Å². The summed E-state index contributed by atoms with van der Waals surface area (Å²) in [5.74, 6) is -1.04. The number of rotatable bonds is 8. The summed E-state index contributed by atoms with van der Waals surface area (Å²) >= 11 is 0. The fourth-order valence-electron chi connectivity index (χ4n) is 2.13. The molecule has 0 atom stereocenters. The number of carbonyl (C=O) groups is 2. The predicted molar refractivity (Wildman–Crippen MR) is 76.3 cm³/mol. The van der Waals surface area contributed by atoms with Gasteiger partial charge >= 0.3 is 5.97 Å². The number of carbonyl (C=O) groups excluding carboxylic acids is 1. The Bertz CT molecular complexity index is 507. The lowest BCUT2D eigenvalue weighted by atomic mass is 9.96. The number of aliphatic carboxylic acids is 1. The summed E-state index contributed by atoms with van der Waals surface area (Å²) in [6.45, 7) is 0.771. The Labute approximate surface area is 123 Å². The van der Waals surface area contributed by atoms with Crippen LogP contribution in [0.1, 0.15) is 18.4 Å². The van der Waals surface area contributed by atoms with Crippen LogP contribution in [0.15, 0.2) is 24.3 Å². The van der Waals surface area contributed by atoms with Crippen molar-refractivity contribution in [2.75, 3.05) is 32.2 Å². The van der Waals surface area contributed by atoms with Crippen LogP contribution in [0.3, 0.4) is 0 Å². The van der Waals surface area contributed by atoms with E-state index >= 15 is 0 Å². The van der Waals surface area contributed by atoms with E-state index in [1.54, 1.807) is 31.4 Å². The van der Waals surface area contributed by atoms with Crippen molar-refractivity contribution in [2.24, 2.45) is 0 Å². The fraction of sp³-hybridized carbons (Fsp3) is 0.467. The van der Waals surface area contributed by atoms with Gasteiger partial charge in [-0.25, -0.2) is 0 Å². The molecule has 0 spiro atoms. The molecule has 1 aliphatic rings. The highest BCUT2D eigenvalue weighted by atomic mass is 16.5. The highest BCUT2D eigenvalue weighted by molar-refractivity contribution is 5.92. The molecule has 1 amide bonds. The van der Waals surface area contributed by atoms with E-state index in [1.165, 1.54) is 0 Å². The summed E-state index contributed by atoms with van der Waals surface area (Å²) in [5, 5.41) is 11.9. The number of nitrogens with one attached hydrogen (secondary N) is 1. The number of ether oxygens (including phenoxy) is 2. The number of carboxylic acid groups (broad SMARTS) is 1. The SMILES string of the molecule is COCCOCC(=O)Nc1ccc(C2(C(=O)O)CC2)cc1. The molecule has 1 aromatic carbocycles. The zero-order chi connectivity index (χ0) is 15.3. The smallest absolute Gasteiger partial charge is 0.314 e. The highest BCUT2D eigenvalue weighted by Gasteiger charge is 2.51. The van der Waals surface area contributed by atoms with Gasteiger partial charge in [0.15, 0.2) is 0 Å². The maximum atomic E-state index is 11.6. The third-order valence-corrected chi connectivity index (χ3v) is 3.55. The zero-order valence-electron chi connectivity index (χ0n) is 11.9. The van der Waals surface area contributed by atoms with E-state index < -0.39 is 11.4 Å². The van der Waals surface area contributed by atoms with E-state index in [1.807, 2.05) is 0 Å². The average Bonchev–Trinajstić information content (AvgIpc) is 3.26. The standard InChI is InChI=1S/C15H19NO5/c1-20-8-9-21-10-13(17)16-12-4-2-11(3-5-12)15(6-7-15)14(18)19/h2-5H,6-10H2,1H3,(H,16,17)(H,18,19). The van der Waals surface area contributed by atoms with Crippen LogP contribution < -0.4 is 5.32 Å². The van der Waals surface area contributed by atoms with E-state index in [0.717, 1.165) is 5.56 Å². The van der Waals surface area contributed by atoms with E-state index in [4.69, 9.17) is 9.47 Å². The average molecular weight is 293 g/mol. The van der Waals surface area contributed by atoms with Gasteiger partial charge in [-0.1, -0.05) is 12.1 Å². The molecule has 0 aromatic heterocycles. The molecule has 1 saturated carbocycles. The molecule has 0 unspecified atom stereocenters. The molecule has 0 heterocycles. The molecule has 0 radical (unpaired) electrons. The van der Waals surface area contributed by atoms with Gasteiger partial charge in [0.05, 0.1) is 18.6 Å². The summed E-state index contributed by atoms with van der Waals surface area (Å²) in [6.07, 6.45) is 1.34. The third-order valence-electron chi connectivity index (χ3n) is 3.55. The zero-order valence-corrected chi connectivity index (χ0v) is 11.9. The second kappa shape index (κ2) is 6.69. The van der Waals surface area contributed by atoms with E-state index in [0.29, 0.717) is 31.7 Å². The molecule has 1 aliphatic carbocycles. The van der Waals surface area contributed by atoms with Crippen molar-refractivity contribution in [1.82, 2.24) is 0 Å². The van der Waals surface area contributed by atoms with Gasteiger partial charge in [0.2, 0.25) is 5.91 Å². The van der Waals surface area contributed by atoms with E-state index in [2.05, 4.69) is 5.32 Å². The lowest BCUT2D eigenvalue weighted by Gasteiger charge is -2.11. The van der Waals surface area contributed by atoms with E-state index in [-0.39, 0.29) is 12.5 Å². The minimum Gasteiger partial charge on any atom is -0.481 e. The first kappa shape index (κ1) is 15.5. The molecule has 0 aliphatic heterocycles. The summed E-state index contributed by atoms with van der Waals surface area (Å²) in [5.41, 5.74) is 0.691. The highest BCUT2D eigenvalue weighted by Crippen LogP contribution is 2.48. The molecule has 6 nitrogen and oxygen atoms in total. The number of hydrogen-bond acceptors (Lipinski definition) is 4. The Balaban J connectivity index is 1.85. The molecule has 0 saturated heterocycles. The van der Waals surface area contributed by atoms with Gasteiger partial charge in [0.25, 0.3) is 0 Å². The second-order valence-corrected chi connectivity index (χ2v) is 5.06. The molecule has 2 rings (SSSR count). The Morgan fingerprint density at radius 2 is 1.90 bits per heavy atom. The largest absolute Gasteiger partial charge is 0.481 e. The molecule has 21 heavy (non-hydrogen) atoms. The summed E-state index contributed by atoms with van der Waals surface area (Å²) < 4.78 is 9.92. The molecule has 1 aromatic rings. The number of amides is 1. The van der Waals surface area contributed by atoms with Crippen LogP contribution in [0.2, 0.25) is 0 Å². The Hall–Kier alpha value is -1.92. The van der Waals surface area contributed by atoms with Gasteiger partial charge in [-0.15, -0.1) is 0 Å². The van der Waals surface area contributed by atoms with Gasteiger partial charge in [0.1, 0.15) is 6.61 Å². The van der Waals surface area contributed by atoms with Crippen molar-refractivity contribution >= 4 is 17.6 Å². The minimum atomic E-state index is -0.786. The number of carboxylic acids is 1. The van der Waals surface area contributed by atoms with Gasteiger partial charge in [-0.3, -0.25) is 9.59 Å². The summed E-state index contributed by atoms with van der Waals surface area (Å²) in [6, 6.07) is 6.93. The van der Waals surface area contributed by atoms with Crippen molar-refractivity contribution < 1.29 is 24.2 Å². The van der Waals surface area contributed by atoms with E-state index in [9.17, 15) is 14.7 Å². The van der Waals surface area contributed by atoms with Crippen LogP contribution >= 0.6 is 0 Å². The number of benzene rings is 1. The van der Waals surface area contributed by atoms with Crippen molar-refractivity contribution in [1.29, 1.82) is 0 Å². The topological polar surface area (TPSA) is 84.9 Å². The molecular weight excluding hydrogens is 274 g/mol. The van der Waals surface area contributed by atoms with Gasteiger partial charge < -0.3 is 19.9 Å². The van der Waals surface area contributed by atoms with Crippen molar-refractivity contribution in [3.05, 3.63) is 29.8 Å². The third kappa shape index (κ3) is 3.80. The molecule has 6 heteroatoms. The number of anilines is 1. The Kier molecular flexibility index (Phi) is 4.93. The lowest BCUT2D eigenvalue weighted by molar-refractivity contribution is -0.140. The van der Waals surface area contributed by atoms with Crippen LogP contribution in [0.5, 0.6) is 0 Å². The molecule has 2 N–H and O–H groups in total. The first-order valence-electron chi connectivity index (χ1n) is 6.79. The number of hydrogen-bond donors (Lipinski definition) is 2.